The van der Waals surface area contributed by atoms with E-state index in [0.717, 1.165) is 0 Å². The monoisotopic (exact) mass is 683 g/mol. The molecule has 2 atom stereocenters. The first kappa shape index (κ1) is 33.1. The minimum atomic E-state index is -6.99. The molecular weight excluding hydrogens is 654 g/mol. The SMILES string of the molecule is O=S(=O)(NS(=O)(=O)C(F)(F)S(=O)(=O)N1CCC(OCC2CO2)CC1)C(F)(F)S(=O)(=O)N1CCC(OCC2CO2)CC1. The lowest BCUT2D eigenvalue weighted by molar-refractivity contribution is 0.0120. The molecule has 2 unspecified atom stereocenters. The van der Waals surface area contributed by atoms with E-state index in [1.165, 1.54) is 0 Å². The van der Waals surface area contributed by atoms with Crippen LogP contribution in [0, 0.1) is 0 Å². The molecular formula is C18H29F4N3O12S4. The van der Waals surface area contributed by atoms with Crippen molar-refractivity contribution in [3.63, 3.8) is 0 Å². The van der Waals surface area contributed by atoms with E-state index in [-0.39, 0.29) is 63.8 Å². The molecule has 4 heterocycles. The van der Waals surface area contributed by atoms with Crippen LogP contribution in [0.25, 0.3) is 0 Å². The van der Waals surface area contributed by atoms with Crippen LogP contribution in [-0.2, 0) is 59.0 Å². The second-order valence-corrected chi connectivity index (χ2v) is 18.0. The van der Waals surface area contributed by atoms with Gasteiger partial charge < -0.3 is 18.9 Å². The van der Waals surface area contributed by atoms with Gasteiger partial charge in [0.1, 0.15) is 12.2 Å². The first-order chi connectivity index (χ1) is 18.8. The molecule has 15 nitrogen and oxygen atoms in total. The van der Waals surface area contributed by atoms with Gasteiger partial charge in [-0.2, -0.15) is 26.2 Å². The fourth-order valence-corrected chi connectivity index (χ4v) is 11.5. The van der Waals surface area contributed by atoms with E-state index in [4.69, 9.17) is 18.9 Å². The van der Waals surface area contributed by atoms with Crippen molar-refractivity contribution in [2.45, 2.75) is 59.3 Å². The molecule has 4 rings (SSSR count). The number of halogens is 4. The summed E-state index contributed by atoms with van der Waals surface area (Å²) in [5.74, 6) is 0. The zero-order chi connectivity index (χ0) is 30.5. The average Bonchev–Trinajstić information content (AvgIpc) is 3.81. The van der Waals surface area contributed by atoms with E-state index in [1.807, 2.05) is 0 Å². The maximum atomic E-state index is 14.8. The first-order valence-corrected chi connectivity index (χ1v) is 18.2. The Morgan fingerprint density at radius 2 is 0.927 bits per heavy atom. The molecule has 1 N–H and O–H groups in total. The molecule has 0 saturated carbocycles. The van der Waals surface area contributed by atoms with Gasteiger partial charge in [0.25, 0.3) is 20.0 Å². The van der Waals surface area contributed by atoms with Crippen molar-refractivity contribution in [3.8, 4) is 0 Å². The predicted molar refractivity (Wildman–Crippen MR) is 129 cm³/mol. The molecule has 0 aromatic carbocycles. The highest BCUT2D eigenvalue weighted by molar-refractivity contribution is 8.16. The number of rotatable bonds is 14. The van der Waals surface area contributed by atoms with Crippen LogP contribution in [0.4, 0.5) is 17.6 Å². The summed E-state index contributed by atoms with van der Waals surface area (Å²) in [6.45, 7) is -1.27. The van der Waals surface area contributed by atoms with Crippen LogP contribution in [0.1, 0.15) is 25.7 Å². The van der Waals surface area contributed by atoms with Gasteiger partial charge in [-0.3, -0.25) is 0 Å². The van der Waals surface area contributed by atoms with Crippen LogP contribution in [0.15, 0.2) is 0 Å². The normalized spacial score (nSPS) is 26.7. The second kappa shape index (κ2) is 11.6. The molecule has 0 radical (unpaired) electrons. The van der Waals surface area contributed by atoms with Crippen LogP contribution in [0.3, 0.4) is 0 Å². The maximum Gasteiger partial charge on any atom is 0.474 e. The van der Waals surface area contributed by atoms with Gasteiger partial charge in [0.15, 0.2) is 0 Å². The van der Waals surface area contributed by atoms with Crippen molar-refractivity contribution in [3.05, 3.63) is 0 Å². The van der Waals surface area contributed by atoms with Gasteiger partial charge in [0.2, 0.25) is 0 Å². The van der Waals surface area contributed by atoms with Gasteiger partial charge in [-0.15, -0.1) is 0 Å². The number of piperidine rings is 2. The smallest absolute Gasteiger partial charge is 0.375 e. The third-order valence-corrected chi connectivity index (χ3v) is 15.6. The van der Waals surface area contributed by atoms with E-state index in [0.29, 0.717) is 13.2 Å². The Bertz CT molecular complexity index is 1280. The lowest BCUT2D eigenvalue weighted by atomic mass is 10.1. The van der Waals surface area contributed by atoms with Crippen molar-refractivity contribution >= 4 is 40.1 Å². The zero-order valence-electron chi connectivity index (χ0n) is 21.2. The summed E-state index contributed by atoms with van der Waals surface area (Å²) in [4.78, 5) is 0. The number of hydrogen-bond donors (Lipinski definition) is 1. The summed E-state index contributed by atoms with van der Waals surface area (Å²) in [6, 6.07) is 0. The summed E-state index contributed by atoms with van der Waals surface area (Å²) in [5, 5.41) is 0. The highest BCUT2D eigenvalue weighted by Crippen LogP contribution is 2.37. The average molecular weight is 684 g/mol. The molecule has 41 heavy (non-hydrogen) atoms. The number of hydrogen-bond acceptors (Lipinski definition) is 12. The highest BCUT2D eigenvalue weighted by atomic mass is 32.3. The lowest BCUT2D eigenvalue weighted by Gasteiger charge is -2.34. The lowest BCUT2D eigenvalue weighted by Crippen LogP contribution is -2.59. The van der Waals surface area contributed by atoms with Crippen LogP contribution in [-0.4, -0.2) is 128 Å². The Morgan fingerprint density at radius 1 is 0.634 bits per heavy atom. The number of alkyl halides is 4. The molecule has 23 heteroatoms. The third kappa shape index (κ3) is 6.83. The van der Waals surface area contributed by atoms with Crippen molar-refractivity contribution in [2.75, 3.05) is 52.6 Å². The Balaban J connectivity index is 1.41. The highest BCUT2D eigenvalue weighted by Gasteiger charge is 2.67. The largest absolute Gasteiger partial charge is 0.474 e. The fraction of sp³-hybridized carbons (Fsp3) is 1.00. The molecule has 0 amide bonds. The molecule has 0 aromatic heterocycles. The van der Waals surface area contributed by atoms with E-state index in [9.17, 15) is 51.2 Å². The Kier molecular flexibility index (Phi) is 9.40. The second-order valence-electron chi connectivity index (χ2n) is 9.80. The van der Waals surface area contributed by atoms with Crippen molar-refractivity contribution in [1.29, 1.82) is 0 Å². The van der Waals surface area contributed by atoms with Gasteiger partial charge in [-0.25, -0.2) is 33.7 Å². The Labute approximate surface area is 234 Å². The third-order valence-electron chi connectivity index (χ3n) is 6.77. The molecule has 4 fully saturated rings. The molecule has 0 aliphatic carbocycles. The minimum absolute atomic E-state index is 0.0438. The molecule has 4 aliphatic heterocycles. The molecule has 0 bridgehead atoms. The van der Waals surface area contributed by atoms with Crippen LogP contribution < -0.4 is 4.13 Å². The van der Waals surface area contributed by atoms with Gasteiger partial charge in [-0.05, 0) is 25.7 Å². The summed E-state index contributed by atoms with van der Waals surface area (Å²) < 4.78 is 167. The van der Waals surface area contributed by atoms with Crippen LogP contribution >= 0.6 is 0 Å². The van der Waals surface area contributed by atoms with E-state index in [2.05, 4.69) is 0 Å². The molecule has 0 aromatic rings. The molecule has 4 saturated heterocycles. The molecule has 4 aliphatic rings. The van der Waals surface area contributed by atoms with Gasteiger partial charge in [0.05, 0.1) is 38.6 Å². The summed E-state index contributed by atoms with van der Waals surface area (Å²) in [6.07, 6.45) is -1.87. The maximum absolute atomic E-state index is 14.8. The van der Waals surface area contributed by atoms with Gasteiger partial charge in [0, 0.05) is 26.2 Å². The zero-order valence-corrected chi connectivity index (χ0v) is 24.5. The quantitative estimate of drug-likeness (QED) is 0.169. The van der Waals surface area contributed by atoms with Gasteiger partial charge >= 0.3 is 29.2 Å². The summed E-state index contributed by atoms with van der Waals surface area (Å²) in [5.41, 5.74) is 0. The van der Waals surface area contributed by atoms with Gasteiger partial charge in [-0.1, -0.05) is 4.13 Å². The number of sulfonamides is 4. The van der Waals surface area contributed by atoms with Crippen LogP contribution in [0.2, 0.25) is 0 Å². The molecule has 0 spiro atoms. The minimum Gasteiger partial charge on any atom is -0.375 e. The summed E-state index contributed by atoms with van der Waals surface area (Å²) in [7, 11) is -26.3. The topological polar surface area (TPSA) is 199 Å². The number of nitrogens with zero attached hydrogens (tertiary/aromatic N) is 2. The number of nitrogens with one attached hydrogen (secondary N) is 1. The number of ether oxygens (including phenoxy) is 4. The van der Waals surface area contributed by atoms with Crippen molar-refractivity contribution in [2.24, 2.45) is 0 Å². The van der Waals surface area contributed by atoms with E-state index < -0.39 is 87.7 Å². The Morgan fingerprint density at radius 3 is 1.20 bits per heavy atom. The molecule has 240 valence electrons. The van der Waals surface area contributed by atoms with Crippen LogP contribution in [0.5, 0.6) is 0 Å². The number of epoxide rings is 2. The van der Waals surface area contributed by atoms with Crippen molar-refractivity contribution < 1.29 is 70.2 Å². The first-order valence-electron chi connectivity index (χ1n) is 12.3. The predicted octanol–water partition coefficient (Wildman–Crippen LogP) is -1.24. The summed E-state index contributed by atoms with van der Waals surface area (Å²) >= 11 is 0. The standard InChI is InChI=1S/C18H29F4N3O12S4/c19-17(20,40(30,31)24-5-1-13(2-6-24)34-9-15-11-36-15)38(26,27)23-39(28,29)18(21,22)41(32,33)25-7-3-14(4-8-25)35-10-16-12-37-16/h13-16,23H,1-12H2. The fourth-order valence-electron chi connectivity index (χ4n) is 4.11. The Hall–Kier alpha value is -0.760. The van der Waals surface area contributed by atoms with Crippen molar-refractivity contribution in [1.82, 2.24) is 12.7 Å². The van der Waals surface area contributed by atoms with E-state index >= 15 is 0 Å². The van der Waals surface area contributed by atoms with E-state index in [1.54, 1.807) is 0 Å².